The van der Waals surface area contributed by atoms with Crippen molar-refractivity contribution in [2.24, 2.45) is 0 Å². The highest BCUT2D eigenvalue weighted by atomic mass is 32.2. The smallest absolute Gasteiger partial charge is 0.237 e. The Hall–Kier alpha value is -1.16. The minimum absolute atomic E-state index is 0.0651. The monoisotopic (exact) mass is 223 g/mol. The van der Waals surface area contributed by atoms with Gasteiger partial charge >= 0.3 is 0 Å². The molecule has 1 aromatic rings. The maximum absolute atomic E-state index is 11.6. The largest absolute Gasteiger partial charge is 0.497 e. The van der Waals surface area contributed by atoms with Crippen LogP contribution in [0.15, 0.2) is 24.3 Å². The molecule has 1 N–H and O–H groups in total. The number of hydrogen-bond acceptors (Lipinski definition) is 3. The van der Waals surface area contributed by atoms with E-state index in [4.69, 9.17) is 4.74 Å². The molecular formula is C11H13NO2S. The molecule has 1 saturated heterocycles. The summed E-state index contributed by atoms with van der Waals surface area (Å²) in [6.45, 7) is 0.774. The fourth-order valence-corrected chi connectivity index (χ4v) is 2.59. The van der Waals surface area contributed by atoms with Gasteiger partial charge in [0.2, 0.25) is 5.91 Å². The van der Waals surface area contributed by atoms with Crippen molar-refractivity contribution in [3.05, 3.63) is 29.8 Å². The van der Waals surface area contributed by atoms with Crippen LogP contribution in [0.2, 0.25) is 0 Å². The molecule has 0 radical (unpaired) electrons. The predicted molar refractivity (Wildman–Crippen MR) is 61.2 cm³/mol. The maximum Gasteiger partial charge on any atom is 0.237 e. The molecule has 1 amide bonds. The first kappa shape index (κ1) is 10.4. The lowest BCUT2D eigenvalue weighted by Crippen LogP contribution is -2.34. The van der Waals surface area contributed by atoms with Crippen LogP contribution in [0, 0.1) is 0 Å². The minimum Gasteiger partial charge on any atom is -0.497 e. The summed E-state index contributed by atoms with van der Waals surface area (Å²) in [5.41, 5.74) is 1.04. The van der Waals surface area contributed by atoms with Crippen molar-refractivity contribution in [1.82, 2.24) is 5.32 Å². The molecule has 1 atom stereocenters. The van der Waals surface area contributed by atoms with Crippen LogP contribution in [0.5, 0.6) is 5.75 Å². The highest BCUT2D eigenvalue weighted by Gasteiger charge is 2.23. The van der Waals surface area contributed by atoms with E-state index in [-0.39, 0.29) is 11.2 Å². The van der Waals surface area contributed by atoms with E-state index in [0.29, 0.717) is 0 Å². The summed E-state index contributed by atoms with van der Waals surface area (Å²) >= 11 is 1.69. The summed E-state index contributed by atoms with van der Waals surface area (Å²) < 4.78 is 5.08. The molecule has 0 aromatic heterocycles. The van der Waals surface area contributed by atoms with Gasteiger partial charge in [-0.25, -0.2) is 0 Å². The number of carbonyl (C=O) groups is 1. The molecule has 0 bridgehead atoms. The van der Waals surface area contributed by atoms with Crippen molar-refractivity contribution in [3.63, 3.8) is 0 Å². The van der Waals surface area contributed by atoms with E-state index in [9.17, 15) is 4.79 Å². The lowest BCUT2D eigenvalue weighted by Gasteiger charge is -2.21. The van der Waals surface area contributed by atoms with Crippen molar-refractivity contribution in [2.45, 2.75) is 5.25 Å². The molecule has 0 aliphatic carbocycles. The van der Waals surface area contributed by atoms with Gasteiger partial charge < -0.3 is 10.1 Å². The first-order valence-corrected chi connectivity index (χ1v) is 5.89. The second-order valence-electron chi connectivity index (χ2n) is 3.32. The maximum atomic E-state index is 11.6. The van der Waals surface area contributed by atoms with Gasteiger partial charge in [-0.15, -0.1) is 11.8 Å². The molecule has 2 rings (SSSR count). The number of rotatable bonds is 2. The Bertz CT molecular complexity index is 350. The number of thioether (sulfide) groups is 1. The Labute approximate surface area is 93.2 Å². The number of amides is 1. The average molecular weight is 223 g/mol. The molecular weight excluding hydrogens is 210 g/mol. The third kappa shape index (κ3) is 2.26. The number of carbonyl (C=O) groups excluding carboxylic acids is 1. The Morgan fingerprint density at radius 1 is 1.40 bits per heavy atom. The molecule has 0 unspecified atom stereocenters. The van der Waals surface area contributed by atoms with Gasteiger partial charge in [0.05, 0.1) is 7.11 Å². The number of hydrogen-bond donors (Lipinski definition) is 1. The Morgan fingerprint density at radius 2 is 2.13 bits per heavy atom. The van der Waals surface area contributed by atoms with Crippen LogP contribution in [0.1, 0.15) is 10.8 Å². The van der Waals surface area contributed by atoms with Crippen LogP contribution in [-0.2, 0) is 4.79 Å². The van der Waals surface area contributed by atoms with Crippen molar-refractivity contribution in [2.75, 3.05) is 19.4 Å². The zero-order valence-corrected chi connectivity index (χ0v) is 9.34. The van der Waals surface area contributed by atoms with Gasteiger partial charge in [0, 0.05) is 12.3 Å². The molecule has 4 heteroatoms. The third-order valence-corrected chi connectivity index (χ3v) is 3.60. The molecule has 1 heterocycles. The van der Waals surface area contributed by atoms with E-state index in [0.717, 1.165) is 23.6 Å². The molecule has 15 heavy (non-hydrogen) atoms. The van der Waals surface area contributed by atoms with Gasteiger partial charge in [0.25, 0.3) is 0 Å². The number of nitrogens with one attached hydrogen (secondary N) is 1. The summed E-state index contributed by atoms with van der Waals surface area (Å²) in [6.07, 6.45) is 0. The average Bonchev–Trinajstić information content (AvgIpc) is 2.30. The first-order valence-electron chi connectivity index (χ1n) is 4.84. The highest BCUT2D eigenvalue weighted by Crippen LogP contribution is 2.31. The zero-order valence-electron chi connectivity index (χ0n) is 8.53. The Morgan fingerprint density at radius 3 is 2.73 bits per heavy atom. The van der Waals surface area contributed by atoms with Crippen molar-refractivity contribution < 1.29 is 9.53 Å². The quantitative estimate of drug-likeness (QED) is 0.827. The van der Waals surface area contributed by atoms with E-state index in [2.05, 4.69) is 5.32 Å². The fraction of sp³-hybridized carbons (Fsp3) is 0.364. The van der Waals surface area contributed by atoms with Crippen LogP contribution < -0.4 is 10.1 Å². The first-order chi connectivity index (χ1) is 7.31. The van der Waals surface area contributed by atoms with Gasteiger partial charge in [0.1, 0.15) is 11.0 Å². The van der Waals surface area contributed by atoms with Crippen LogP contribution in [-0.4, -0.2) is 25.3 Å². The van der Waals surface area contributed by atoms with Gasteiger partial charge in [0.15, 0.2) is 0 Å². The topological polar surface area (TPSA) is 38.3 Å². The fourth-order valence-electron chi connectivity index (χ4n) is 1.55. The van der Waals surface area contributed by atoms with Crippen LogP contribution in [0.3, 0.4) is 0 Å². The van der Waals surface area contributed by atoms with E-state index in [1.165, 1.54) is 0 Å². The zero-order chi connectivity index (χ0) is 10.7. The summed E-state index contributed by atoms with van der Waals surface area (Å²) in [4.78, 5) is 11.6. The summed E-state index contributed by atoms with van der Waals surface area (Å²) in [5.74, 6) is 1.90. The van der Waals surface area contributed by atoms with Crippen LogP contribution in [0.25, 0.3) is 0 Å². The molecule has 1 aliphatic rings. The van der Waals surface area contributed by atoms with Gasteiger partial charge in [-0.2, -0.15) is 0 Å². The summed E-state index contributed by atoms with van der Waals surface area (Å²) in [7, 11) is 1.64. The highest BCUT2D eigenvalue weighted by molar-refractivity contribution is 8.00. The SMILES string of the molecule is COc1ccc([C@H]2SCCNC2=O)cc1. The predicted octanol–water partition coefficient (Wildman–Crippen LogP) is 1.60. The molecule has 1 aliphatic heterocycles. The molecule has 3 nitrogen and oxygen atoms in total. The molecule has 1 aromatic carbocycles. The molecule has 0 saturated carbocycles. The summed E-state index contributed by atoms with van der Waals surface area (Å²) in [5, 5.41) is 2.80. The molecule has 1 fully saturated rings. The number of methoxy groups -OCH3 is 1. The van der Waals surface area contributed by atoms with E-state index < -0.39 is 0 Å². The third-order valence-electron chi connectivity index (χ3n) is 2.34. The number of benzene rings is 1. The molecule has 0 spiro atoms. The second-order valence-corrected chi connectivity index (χ2v) is 4.53. The Balaban J connectivity index is 2.17. The lowest BCUT2D eigenvalue weighted by atomic mass is 10.1. The van der Waals surface area contributed by atoms with E-state index >= 15 is 0 Å². The van der Waals surface area contributed by atoms with Gasteiger partial charge in [-0.1, -0.05) is 12.1 Å². The van der Waals surface area contributed by atoms with E-state index in [1.54, 1.807) is 18.9 Å². The van der Waals surface area contributed by atoms with E-state index in [1.807, 2.05) is 24.3 Å². The minimum atomic E-state index is -0.0651. The normalized spacial score (nSPS) is 20.9. The lowest BCUT2D eigenvalue weighted by molar-refractivity contribution is -0.120. The number of ether oxygens (including phenoxy) is 1. The molecule has 80 valence electrons. The van der Waals surface area contributed by atoms with Crippen molar-refractivity contribution >= 4 is 17.7 Å². The van der Waals surface area contributed by atoms with Crippen molar-refractivity contribution in [1.29, 1.82) is 0 Å². The van der Waals surface area contributed by atoms with Gasteiger partial charge in [-0.05, 0) is 17.7 Å². The summed E-state index contributed by atoms with van der Waals surface area (Å²) in [6, 6.07) is 7.67. The van der Waals surface area contributed by atoms with Crippen LogP contribution >= 0.6 is 11.8 Å². The van der Waals surface area contributed by atoms with Gasteiger partial charge in [-0.3, -0.25) is 4.79 Å². The van der Waals surface area contributed by atoms with Crippen molar-refractivity contribution in [3.8, 4) is 5.75 Å². The second kappa shape index (κ2) is 4.57. The van der Waals surface area contributed by atoms with Crippen LogP contribution in [0.4, 0.5) is 0 Å². The standard InChI is InChI=1S/C11H13NO2S/c1-14-9-4-2-8(3-5-9)10-11(13)12-6-7-15-10/h2-5,10H,6-7H2,1H3,(H,12,13)/t10-/m1/s1. The Kier molecular flexibility index (Phi) is 3.16.